The van der Waals surface area contributed by atoms with E-state index < -0.39 is 0 Å². The third-order valence-corrected chi connectivity index (χ3v) is 4.31. The van der Waals surface area contributed by atoms with E-state index in [1.165, 1.54) is 12.8 Å². The highest BCUT2D eigenvalue weighted by atomic mass is 16.3. The highest BCUT2D eigenvalue weighted by molar-refractivity contribution is 5.06. The van der Waals surface area contributed by atoms with Crippen molar-refractivity contribution < 1.29 is 5.11 Å². The molecule has 3 N–H and O–H groups in total. The summed E-state index contributed by atoms with van der Waals surface area (Å²) in [6.07, 6.45) is 5.62. The fraction of sp³-hybridized carbons (Fsp3) is 1.00. The first-order valence-electron chi connectivity index (χ1n) is 5.14. The maximum absolute atomic E-state index is 10.2. The Balaban J connectivity index is 1.95. The Bertz CT molecular complexity index is 200. The van der Waals surface area contributed by atoms with E-state index >= 15 is 0 Å². The summed E-state index contributed by atoms with van der Waals surface area (Å²) in [5.74, 6) is 2.08. The van der Waals surface area contributed by atoms with E-state index in [1.54, 1.807) is 0 Å². The van der Waals surface area contributed by atoms with Crippen molar-refractivity contribution in [1.82, 2.24) is 0 Å². The Morgan fingerprint density at radius 2 is 1.67 bits per heavy atom. The van der Waals surface area contributed by atoms with Crippen LogP contribution in [0.5, 0.6) is 0 Å². The van der Waals surface area contributed by atoms with Crippen LogP contribution in [0.3, 0.4) is 0 Å². The third kappa shape index (κ3) is 0.826. The molecule has 0 aromatic carbocycles. The summed E-state index contributed by atoms with van der Waals surface area (Å²) in [6.45, 7) is 0. The molecule has 0 heterocycles. The standard InChI is InChI=1S/C10H17NO/c11-9-7-1-6-2-8(9)5-10(12,3-6)4-7/h6-9,12H,1-5,11H2/t6?,7-,8+,9-,10?. The molecule has 0 spiro atoms. The summed E-state index contributed by atoms with van der Waals surface area (Å²) in [4.78, 5) is 0. The van der Waals surface area contributed by atoms with E-state index in [0.717, 1.165) is 25.2 Å². The highest BCUT2D eigenvalue weighted by Gasteiger charge is 2.53. The molecule has 0 aromatic rings. The van der Waals surface area contributed by atoms with Gasteiger partial charge in [-0.25, -0.2) is 0 Å². The van der Waals surface area contributed by atoms with Crippen LogP contribution >= 0.6 is 0 Å². The summed E-state index contributed by atoms with van der Waals surface area (Å²) in [5.41, 5.74) is 5.82. The fourth-order valence-electron chi connectivity index (χ4n) is 4.02. The minimum atomic E-state index is -0.299. The van der Waals surface area contributed by atoms with Gasteiger partial charge in [-0.1, -0.05) is 0 Å². The van der Waals surface area contributed by atoms with E-state index in [9.17, 15) is 5.11 Å². The van der Waals surface area contributed by atoms with Crippen molar-refractivity contribution in [1.29, 1.82) is 0 Å². The quantitative estimate of drug-likeness (QED) is 0.562. The Morgan fingerprint density at radius 3 is 2.17 bits per heavy atom. The minimum absolute atomic E-state index is 0.299. The van der Waals surface area contributed by atoms with Crippen LogP contribution in [0.1, 0.15) is 32.1 Å². The molecule has 0 aromatic heterocycles. The number of nitrogens with two attached hydrogens (primary N) is 1. The SMILES string of the molecule is N[C@@H]1[C@@H]2CC3C[C@H]1CC(O)(C3)C2. The minimum Gasteiger partial charge on any atom is -0.390 e. The van der Waals surface area contributed by atoms with Crippen LogP contribution in [0.15, 0.2) is 0 Å². The lowest BCUT2D eigenvalue weighted by atomic mass is 9.52. The molecular weight excluding hydrogens is 150 g/mol. The lowest BCUT2D eigenvalue weighted by molar-refractivity contribution is -0.132. The lowest BCUT2D eigenvalue weighted by Crippen LogP contribution is -2.59. The van der Waals surface area contributed by atoms with Crippen molar-refractivity contribution in [3.8, 4) is 0 Å². The van der Waals surface area contributed by atoms with Crippen LogP contribution in [-0.4, -0.2) is 16.7 Å². The largest absolute Gasteiger partial charge is 0.390 e. The predicted octanol–water partition coefficient (Wildman–Crippen LogP) is 0.885. The summed E-state index contributed by atoms with van der Waals surface area (Å²) in [5, 5.41) is 10.2. The summed E-state index contributed by atoms with van der Waals surface area (Å²) in [6, 6.07) is 0.404. The number of aliphatic hydroxyl groups is 1. The summed E-state index contributed by atoms with van der Waals surface area (Å²) < 4.78 is 0. The van der Waals surface area contributed by atoms with Gasteiger partial charge >= 0.3 is 0 Å². The van der Waals surface area contributed by atoms with Gasteiger partial charge in [-0.3, -0.25) is 0 Å². The Morgan fingerprint density at radius 1 is 1.08 bits per heavy atom. The van der Waals surface area contributed by atoms with Crippen molar-refractivity contribution in [3.63, 3.8) is 0 Å². The topological polar surface area (TPSA) is 46.2 Å². The Hall–Kier alpha value is -0.0800. The van der Waals surface area contributed by atoms with E-state index in [2.05, 4.69) is 0 Å². The fourth-order valence-corrected chi connectivity index (χ4v) is 4.02. The average Bonchev–Trinajstić information content (AvgIpc) is 1.96. The molecule has 4 rings (SSSR count). The Labute approximate surface area is 73.1 Å². The monoisotopic (exact) mass is 167 g/mol. The first-order chi connectivity index (χ1) is 5.66. The molecule has 68 valence electrons. The van der Waals surface area contributed by atoms with Crippen LogP contribution in [0.4, 0.5) is 0 Å². The summed E-state index contributed by atoms with van der Waals surface area (Å²) >= 11 is 0. The molecule has 0 saturated heterocycles. The normalized spacial score (nSPS) is 62.5. The number of hydrogen-bond acceptors (Lipinski definition) is 2. The molecule has 2 nitrogen and oxygen atoms in total. The third-order valence-electron chi connectivity index (χ3n) is 4.31. The molecule has 5 atom stereocenters. The van der Waals surface area contributed by atoms with Gasteiger partial charge in [-0.15, -0.1) is 0 Å². The maximum atomic E-state index is 10.2. The second-order valence-electron chi connectivity index (χ2n) is 5.27. The zero-order valence-electron chi connectivity index (χ0n) is 7.37. The smallest absolute Gasteiger partial charge is 0.0657 e. The van der Waals surface area contributed by atoms with Gasteiger partial charge in [-0.2, -0.15) is 0 Å². The van der Waals surface area contributed by atoms with E-state index in [4.69, 9.17) is 5.73 Å². The zero-order chi connectivity index (χ0) is 8.34. The van der Waals surface area contributed by atoms with Crippen molar-refractivity contribution in [2.75, 3.05) is 0 Å². The van der Waals surface area contributed by atoms with Crippen molar-refractivity contribution in [2.45, 2.75) is 43.7 Å². The predicted molar refractivity (Wildman–Crippen MR) is 46.5 cm³/mol. The van der Waals surface area contributed by atoms with Gasteiger partial charge in [0.1, 0.15) is 0 Å². The molecule has 0 amide bonds. The molecule has 0 radical (unpaired) electrons. The molecule has 4 aliphatic rings. The number of rotatable bonds is 0. The van der Waals surface area contributed by atoms with Crippen molar-refractivity contribution in [3.05, 3.63) is 0 Å². The summed E-state index contributed by atoms with van der Waals surface area (Å²) in [7, 11) is 0. The molecule has 4 aliphatic carbocycles. The molecule has 2 heteroatoms. The van der Waals surface area contributed by atoms with Crippen LogP contribution in [0.2, 0.25) is 0 Å². The molecule has 4 bridgehead atoms. The van der Waals surface area contributed by atoms with Gasteiger partial charge < -0.3 is 10.8 Å². The van der Waals surface area contributed by atoms with Crippen LogP contribution in [0, 0.1) is 17.8 Å². The second-order valence-corrected chi connectivity index (χ2v) is 5.27. The first-order valence-corrected chi connectivity index (χ1v) is 5.14. The molecule has 2 unspecified atom stereocenters. The van der Waals surface area contributed by atoms with Gasteiger partial charge in [-0.05, 0) is 49.9 Å². The van der Waals surface area contributed by atoms with Gasteiger partial charge in [0.15, 0.2) is 0 Å². The molecule has 12 heavy (non-hydrogen) atoms. The van der Waals surface area contributed by atoms with Gasteiger partial charge in [0.2, 0.25) is 0 Å². The van der Waals surface area contributed by atoms with Gasteiger partial charge in [0.25, 0.3) is 0 Å². The molecular formula is C10H17NO. The van der Waals surface area contributed by atoms with E-state index in [-0.39, 0.29) is 5.60 Å². The highest BCUT2D eigenvalue weighted by Crippen LogP contribution is 2.54. The first kappa shape index (κ1) is 7.34. The van der Waals surface area contributed by atoms with Crippen LogP contribution in [0.25, 0.3) is 0 Å². The van der Waals surface area contributed by atoms with Gasteiger partial charge in [0, 0.05) is 6.04 Å². The van der Waals surface area contributed by atoms with Crippen LogP contribution in [-0.2, 0) is 0 Å². The molecule has 0 aliphatic heterocycles. The van der Waals surface area contributed by atoms with Crippen molar-refractivity contribution >= 4 is 0 Å². The van der Waals surface area contributed by atoms with Crippen molar-refractivity contribution in [2.24, 2.45) is 23.5 Å². The van der Waals surface area contributed by atoms with Gasteiger partial charge in [0.05, 0.1) is 5.60 Å². The zero-order valence-corrected chi connectivity index (χ0v) is 7.37. The molecule has 4 fully saturated rings. The number of hydrogen-bond donors (Lipinski definition) is 2. The molecule has 4 saturated carbocycles. The lowest BCUT2D eigenvalue weighted by Gasteiger charge is -2.57. The van der Waals surface area contributed by atoms with E-state index in [0.29, 0.717) is 17.9 Å². The Kier molecular flexibility index (Phi) is 1.25. The maximum Gasteiger partial charge on any atom is 0.0657 e. The van der Waals surface area contributed by atoms with E-state index in [1.807, 2.05) is 0 Å². The second kappa shape index (κ2) is 2.05. The van der Waals surface area contributed by atoms with Crippen LogP contribution < -0.4 is 5.73 Å². The average molecular weight is 167 g/mol.